The van der Waals surface area contributed by atoms with Crippen LogP contribution >= 0.6 is 24.0 Å². The van der Waals surface area contributed by atoms with Gasteiger partial charge in [-0.2, -0.15) is 0 Å². The summed E-state index contributed by atoms with van der Waals surface area (Å²) < 4.78 is 5.59. The zero-order valence-electron chi connectivity index (χ0n) is 17.1. The summed E-state index contributed by atoms with van der Waals surface area (Å²) in [4.78, 5) is 6.88. The molecule has 0 radical (unpaired) electrons. The van der Waals surface area contributed by atoms with Crippen LogP contribution in [0.2, 0.25) is 0 Å². The number of hydrogen-bond donors (Lipinski definition) is 2. The van der Waals surface area contributed by atoms with Gasteiger partial charge in [-0.1, -0.05) is 30.3 Å². The number of halogens is 1. The van der Waals surface area contributed by atoms with E-state index >= 15 is 0 Å². The van der Waals surface area contributed by atoms with Crippen molar-refractivity contribution in [3.8, 4) is 5.75 Å². The second-order valence-electron chi connectivity index (χ2n) is 7.55. The van der Waals surface area contributed by atoms with Crippen molar-refractivity contribution in [2.45, 2.75) is 31.7 Å². The maximum absolute atomic E-state index is 5.59. The number of anilines is 1. The molecule has 1 fully saturated rings. The first-order valence-electron chi connectivity index (χ1n) is 10.3. The molecule has 29 heavy (non-hydrogen) atoms. The number of piperidine rings is 1. The molecule has 0 aromatic heterocycles. The fourth-order valence-electron chi connectivity index (χ4n) is 4.08. The van der Waals surface area contributed by atoms with E-state index in [2.05, 4.69) is 69.1 Å². The molecule has 0 saturated carbocycles. The summed E-state index contributed by atoms with van der Waals surface area (Å²) >= 11 is 0. The standard InChI is InChI=1S/C23H30N4O.HI/c1-24-23(25-13-11-18-9-10-22-19(16-18)12-15-28-22)26-20-6-5-14-27(17-20)21-7-3-2-4-8-21;/h2-4,7-10,16,20H,5-6,11-15,17H2,1H3,(H2,24,25,26);1H. The summed E-state index contributed by atoms with van der Waals surface area (Å²) in [5, 5.41) is 7.09. The van der Waals surface area contributed by atoms with Gasteiger partial charge in [0.25, 0.3) is 0 Å². The lowest BCUT2D eigenvalue weighted by Gasteiger charge is -2.35. The highest BCUT2D eigenvalue weighted by Gasteiger charge is 2.20. The molecule has 1 atom stereocenters. The summed E-state index contributed by atoms with van der Waals surface area (Å²) in [6.45, 7) is 3.81. The zero-order valence-corrected chi connectivity index (χ0v) is 19.4. The minimum absolute atomic E-state index is 0. The summed E-state index contributed by atoms with van der Waals surface area (Å²) in [5.41, 5.74) is 3.99. The number of nitrogens with zero attached hydrogens (tertiary/aromatic N) is 2. The summed E-state index contributed by atoms with van der Waals surface area (Å²) in [5.74, 6) is 1.94. The number of rotatable bonds is 5. The Morgan fingerprint density at radius 3 is 2.90 bits per heavy atom. The maximum atomic E-state index is 5.59. The molecule has 2 aromatic carbocycles. The molecule has 6 heteroatoms. The van der Waals surface area contributed by atoms with Crippen LogP contribution in [0.3, 0.4) is 0 Å². The second-order valence-corrected chi connectivity index (χ2v) is 7.55. The third-order valence-electron chi connectivity index (χ3n) is 5.57. The summed E-state index contributed by atoms with van der Waals surface area (Å²) in [7, 11) is 1.85. The SMILES string of the molecule is CN=C(NCCc1ccc2c(c1)CCO2)NC1CCCN(c2ccccc2)C1.I. The van der Waals surface area contributed by atoms with Gasteiger partial charge in [-0.25, -0.2) is 0 Å². The van der Waals surface area contributed by atoms with E-state index in [9.17, 15) is 0 Å². The van der Waals surface area contributed by atoms with Crippen LogP contribution in [0.4, 0.5) is 5.69 Å². The van der Waals surface area contributed by atoms with E-state index in [4.69, 9.17) is 4.74 Å². The Morgan fingerprint density at radius 1 is 1.21 bits per heavy atom. The highest BCUT2D eigenvalue weighted by Crippen LogP contribution is 2.26. The lowest BCUT2D eigenvalue weighted by Crippen LogP contribution is -2.51. The van der Waals surface area contributed by atoms with Gasteiger partial charge >= 0.3 is 0 Å². The minimum atomic E-state index is 0. The zero-order chi connectivity index (χ0) is 19.2. The number of fused-ring (bicyclic) bond motifs is 1. The third-order valence-corrected chi connectivity index (χ3v) is 5.57. The van der Waals surface area contributed by atoms with E-state index in [0.717, 1.165) is 50.8 Å². The van der Waals surface area contributed by atoms with Crippen molar-refractivity contribution in [3.63, 3.8) is 0 Å². The Balaban J connectivity index is 0.00000240. The van der Waals surface area contributed by atoms with Gasteiger partial charge in [0.15, 0.2) is 5.96 Å². The number of nitrogens with one attached hydrogen (secondary N) is 2. The van der Waals surface area contributed by atoms with Gasteiger partial charge in [-0.3, -0.25) is 4.99 Å². The molecule has 4 rings (SSSR count). The molecule has 2 aliphatic rings. The Bertz CT molecular complexity index is 812. The molecule has 0 spiro atoms. The fraction of sp³-hybridized carbons (Fsp3) is 0.435. The fourth-order valence-corrected chi connectivity index (χ4v) is 4.08. The molecule has 1 saturated heterocycles. The Kier molecular flexibility index (Phi) is 8.03. The lowest BCUT2D eigenvalue weighted by molar-refractivity contribution is 0.357. The van der Waals surface area contributed by atoms with Gasteiger partial charge in [0, 0.05) is 44.8 Å². The maximum Gasteiger partial charge on any atom is 0.191 e. The van der Waals surface area contributed by atoms with Gasteiger partial charge in [0.2, 0.25) is 0 Å². The van der Waals surface area contributed by atoms with Gasteiger partial charge in [-0.15, -0.1) is 24.0 Å². The lowest BCUT2D eigenvalue weighted by atomic mass is 10.0. The van der Waals surface area contributed by atoms with E-state index in [1.54, 1.807) is 0 Å². The average Bonchev–Trinajstić information content (AvgIpc) is 3.22. The minimum Gasteiger partial charge on any atom is -0.493 e. The van der Waals surface area contributed by atoms with Crippen molar-refractivity contribution < 1.29 is 4.74 Å². The van der Waals surface area contributed by atoms with Crippen LogP contribution in [0, 0.1) is 0 Å². The summed E-state index contributed by atoms with van der Waals surface area (Å²) in [6, 6.07) is 17.6. The number of hydrogen-bond acceptors (Lipinski definition) is 3. The van der Waals surface area contributed by atoms with E-state index in [0.29, 0.717) is 6.04 Å². The number of benzene rings is 2. The quantitative estimate of drug-likeness (QED) is 0.370. The van der Waals surface area contributed by atoms with Crippen molar-refractivity contribution in [3.05, 3.63) is 59.7 Å². The monoisotopic (exact) mass is 506 g/mol. The molecule has 2 N–H and O–H groups in total. The molecule has 1 unspecified atom stereocenters. The van der Waals surface area contributed by atoms with E-state index in [1.165, 1.54) is 29.7 Å². The highest BCUT2D eigenvalue weighted by atomic mass is 127. The largest absolute Gasteiger partial charge is 0.493 e. The molecule has 0 amide bonds. The van der Waals surface area contributed by atoms with E-state index in [-0.39, 0.29) is 24.0 Å². The van der Waals surface area contributed by atoms with E-state index < -0.39 is 0 Å². The first kappa shape index (κ1) is 21.7. The van der Waals surface area contributed by atoms with Crippen LogP contribution in [0.5, 0.6) is 5.75 Å². The Labute approximate surface area is 191 Å². The highest BCUT2D eigenvalue weighted by molar-refractivity contribution is 14.0. The molecule has 0 bridgehead atoms. The van der Waals surface area contributed by atoms with Gasteiger partial charge < -0.3 is 20.3 Å². The Hall–Kier alpha value is -1.96. The number of ether oxygens (including phenoxy) is 1. The second kappa shape index (κ2) is 10.7. The van der Waals surface area contributed by atoms with Crippen LogP contribution in [-0.2, 0) is 12.8 Å². The van der Waals surface area contributed by atoms with Crippen LogP contribution in [-0.4, -0.2) is 45.3 Å². The first-order valence-corrected chi connectivity index (χ1v) is 10.3. The van der Waals surface area contributed by atoms with E-state index in [1.807, 2.05) is 7.05 Å². The summed E-state index contributed by atoms with van der Waals surface area (Å²) in [6.07, 6.45) is 4.38. The topological polar surface area (TPSA) is 48.9 Å². The molecule has 2 heterocycles. The van der Waals surface area contributed by atoms with Crippen LogP contribution in [0.15, 0.2) is 53.5 Å². The van der Waals surface area contributed by atoms with Crippen molar-refractivity contribution in [2.75, 3.05) is 38.2 Å². The molecular weight excluding hydrogens is 475 g/mol. The predicted octanol–water partition coefficient (Wildman–Crippen LogP) is 3.62. The molecular formula is C23H31IN4O. The van der Waals surface area contributed by atoms with Crippen molar-refractivity contribution in [1.82, 2.24) is 10.6 Å². The van der Waals surface area contributed by atoms with Crippen molar-refractivity contribution in [1.29, 1.82) is 0 Å². The first-order chi connectivity index (χ1) is 13.8. The molecule has 0 aliphatic carbocycles. The molecule has 2 aliphatic heterocycles. The smallest absolute Gasteiger partial charge is 0.191 e. The van der Waals surface area contributed by atoms with Crippen molar-refractivity contribution in [2.24, 2.45) is 4.99 Å². The van der Waals surface area contributed by atoms with Gasteiger partial charge in [0.05, 0.1) is 6.61 Å². The predicted molar refractivity (Wildman–Crippen MR) is 131 cm³/mol. The third kappa shape index (κ3) is 5.78. The normalized spacial score (nSPS) is 18.4. The van der Waals surface area contributed by atoms with Crippen LogP contribution in [0.1, 0.15) is 24.0 Å². The van der Waals surface area contributed by atoms with Crippen LogP contribution in [0.25, 0.3) is 0 Å². The molecule has 156 valence electrons. The number of para-hydroxylation sites is 1. The Morgan fingerprint density at radius 2 is 2.07 bits per heavy atom. The number of guanidine groups is 1. The van der Waals surface area contributed by atoms with Crippen LogP contribution < -0.4 is 20.3 Å². The molecule has 5 nitrogen and oxygen atoms in total. The molecule has 2 aromatic rings. The number of aliphatic imine (C=N–C) groups is 1. The van der Waals surface area contributed by atoms with Gasteiger partial charge in [-0.05, 0) is 48.6 Å². The average molecular weight is 506 g/mol. The van der Waals surface area contributed by atoms with Gasteiger partial charge in [0.1, 0.15) is 5.75 Å². The van der Waals surface area contributed by atoms with Crippen molar-refractivity contribution >= 4 is 35.6 Å².